The number of likely N-dealkylation sites (N-methyl/N-ethyl adjacent to an activating group) is 1. The Labute approximate surface area is 313 Å². The Morgan fingerprint density at radius 2 is 1.46 bits per heavy atom. The number of carbonyl (C=O) groups excluding carboxylic acids is 5. The molecule has 4 saturated carbocycles. The number of hydrogen-bond donors (Lipinski definition) is 1. The molecular weight excluding hydrogens is 652 g/mol. The van der Waals surface area contributed by atoms with Crippen LogP contribution in [-0.4, -0.2) is 95.2 Å². The van der Waals surface area contributed by atoms with Gasteiger partial charge < -0.3 is 10.6 Å². The molecule has 6 fully saturated rings. The summed E-state index contributed by atoms with van der Waals surface area (Å²) in [7, 11) is 2.24. The van der Waals surface area contributed by atoms with E-state index >= 15 is 4.79 Å². The molecule has 3 spiro atoms. The molecule has 0 aromatic heterocycles. The third-order valence-corrected chi connectivity index (χ3v) is 16.2. The number of rotatable bonds is 14. The summed E-state index contributed by atoms with van der Waals surface area (Å²) in [6.07, 6.45) is 10.6. The van der Waals surface area contributed by atoms with Crippen LogP contribution in [0.25, 0.3) is 0 Å². The second-order valence-electron chi connectivity index (χ2n) is 21.3. The summed E-state index contributed by atoms with van der Waals surface area (Å²) in [6, 6.07) is -0.662. The fourth-order valence-corrected chi connectivity index (χ4v) is 11.6. The van der Waals surface area contributed by atoms with Gasteiger partial charge in [-0.15, -0.1) is 0 Å². The first-order valence-corrected chi connectivity index (χ1v) is 20.7. The lowest BCUT2D eigenvalue weighted by Gasteiger charge is -2.43. The zero-order valence-corrected chi connectivity index (χ0v) is 34.1. The minimum Gasteiger partial charge on any atom is -0.363 e. The summed E-state index contributed by atoms with van der Waals surface area (Å²) in [6.45, 7) is 22.0. The van der Waals surface area contributed by atoms with E-state index in [-0.39, 0.29) is 57.9 Å². The minimum absolute atomic E-state index is 0.00450. The third-order valence-electron chi connectivity index (χ3n) is 16.2. The summed E-state index contributed by atoms with van der Waals surface area (Å²) in [5, 5.41) is 0. The van der Waals surface area contributed by atoms with Gasteiger partial charge >= 0.3 is 0 Å². The van der Waals surface area contributed by atoms with Crippen LogP contribution in [0, 0.1) is 50.7 Å². The SMILES string of the molecule is CN1CCN(C[C@@H](CC(=O)C[C@H](C(=O)N2C[C@]3(C[C@H]2C(=O)CC(CC2CCC2)C(=O)C(N)=O)C(C)(C)C32CCC2)C(C)(C)C)C(C)(C)C)CC12CC2. The van der Waals surface area contributed by atoms with Gasteiger partial charge in [0.1, 0.15) is 5.78 Å². The molecule has 0 aromatic rings. The van der Waals surface area contributed by atoms with Gasteiger partial charge in [0.2, 0.25) is 11.7 Å². The van der Waals surface area contributed by atoms with E-state index in [9.17, 15) is 19.2 Å². The van der Waals surface area contributed by atoms with Gasteiger partial charge in [0.05, 0.1) is 6.04 Å². The number of Topliss-reactive ketones (excluding diaryl/α,β-unsaturated/α-hetero) is 3. The highest BCUT2D eigenvalue weighted by atomic mass is 16.2. The predicted octanol–water partition coefficient (Wildman–Crippen LogP) is 6.06. The first-order valence-electron chi connectivity index (χ1n) is 20.7. The Morgan fingerprint density at radius 1 is 0.808 bits per heavy atom. The van der Waals surface area contributed by atoms with Gasteiger partial charge in [0.25, 0.3) is 5.91 Å². The summed E-state index contributed by atoms with van der Waals surface area (Å²) in [5.41, 5.74) is 5.21. The number of piperazine rings is 1. The van der Waals surface area contributed by atoms with E-state index in [4.69, 9.17) is 5.73 Å². The number of carbonyl (C=O) groups is 5. The van der Waals surface area contributed by atoms with Crippen molar-refractivity contribution in [2.75, 3.05) is 39.8 Å². The number of primary amides is 1. The molecule has 2 N–H and O–H groups in total. The van der Waals surface area contributed by atoms with Crippen LogP contribution in [0.1, 0.15) is 139 Å². The molecule has 0 bridgehead atoms. The maximum absolute atomic E-state index is 15.0. The number of hydrogen-bond acceptors (Lipinski definition) is 7. The van der Waals surface area contributed by atoms with Crippen molar-refractivity contribution in [1.29, 1.82) is 0 Å². The van der Waals surface area contributed by atoms with Gasteiger partial charge in [0.15, 0.2) is 5.78 Å². The lowest BCUT2D eigenvalue weighted by atomic mass is 9.73. The molecule has 1 unspecified atom stereocenters. The average molecular weight is 723 g/mol. The molecule has 4 aliphatic carbocycles. The number of fused-ring (bicyclic) bond motifs is 1. The molecule has 9 heteroatoms. The van der Waals surface area contributed by atoms with Crippen molar-refractivity contribution in [3.63, 3.8) is 0 Å². The van der Waals surface area contributed by atoms with Crippen LogP contribution in [0.15, 0.2) is 0 Å². The summed E-state index contributed by atoms with van der Waals surface area (Å²) >= 11 is 0. The van der Waals surface area contributed by atoms with Crippen LogP contribution in [0.4, 0.5) is 0 Å². The van der Waals surface area contributed by atoms with Crippen LogP contribution in [-0.2, 0) is 24.0 Å². The fourth-order valence-electron chi connectivity index (χ4n) is 11.6. The molecular formula is C43H70N4O5. The van der Waals surface area contributed by atoms with Gasteiger partial charge in [-0.2, -0.15) is 0 Å². The monoisotopic (exact) mass is 723 g/mol. The molecule has 0 radical (unpaired) electrons. The van der Waals surface area contributed by atoms with Crippen LogP contribution in [0.3, 0.4) is 0 Å². The highest BCUT2D eigenvalue weighted by Gasteiger charge is 2.85. The Balaban J connectivity index is 1.21. The van der Waals surface area contributed by atoms with E-state index in [2.05, 4.69) is 51.5 Å². The van der Waals surface area contributed by atoms with E-state index in [0.717, 1.165) is 64.7 Å². The Morgan fingerprint density at radius 3 is 1.94 bits per heavy atom. The van der Waals surface area contributed by atoms with Gasteiger partial charge in [-0.3, -0.25) is 33.8 Å². The lowest BCUT2D eigenvalue weighted by Crippen LogP contribution is -2.54. The molecule has 6 aliphatic rings. The first-order chi connectivity index (χ1) is 24.1. The number of nitrogens with two attached hydrogens (primary N) is 1. The highest BCUT2D eigenvalue weighted by Crippen LogP contribution is 2.88. The number of likely N-dealkylation sites (tertiary alicyclic amines) is 1. The minimum atomic E-state index is -0.982. The van der Waals surface area contributed by atoms with Crippen molar-refractivity contribution in [1.82, 2.24) is 14.7 Å². The van der Waals surface area contributed by atoms with Crippen LogP contribution in [0.2, 0.25) is 0 Å². The largest absolute Gasteiger partial charge is 0.363 e. The zero-order chi connectivity index (χ0) is 38.2. The van der Waals surface area contributed by atoms with Gasteiger partial charge in [0, 0.05) is 74.8 Å². The normalized spacial score (nSPS) is 29.7. The van der Waals surface area contributed by atoms with E-state index in [1.807, 2.05) is 25.7 Å². The topological polar surface area (TPSA) is 121 Å². The average Bonchev–Trinajstić information content (AvgIpc) is 3.77. The summed E-state index contributed by atoms with van der Waals surface area (Å²) in [4.78, 5) is 75.7. The molecule has 2 amide bonds. The fraction of sp³-hybridized carbons (Fsp3) is 0.884. The molecule has 5 atom stereocenters. The molecule has 2 heterocycles. The first kappa shape index (κ1) is 39.6. The predicted molar refractivity (Wildman–Crippen MR) is 203 cm³/mol. The Kier molecular flexibility index (Phi) is 10.3. The van der Waals surface area contributed by atoms with Crippen molar-refractivity contribution < 1.29 is 24.0 Å². The molecule has 2 saturated heterocycles. The van der Waals surface area contributed by atoms with E-state index in [1.54, 1.807) is 0 Å². The van der Waals surface area contributed by atoms with Crippen molar-refractivity contribution in [3.05, 3.63) is 0 Å². The number of amides is 2. The maximum Gasteiger partial charge on any atom is 0.285 e. The molecule has 292 valence electrons. The quantitative estimate of drug-likeness (QED) is 0.217. The maximum atomic E-state index is 15.0. The smallest absolute Gasteiger partial charge is 0.285 e. The van der Waals surface area contributed by atoms with E-state index in [1.165, 1.54) is 12.8 Å². The third kappa shape index (κ3) is 6.85. The summed E-state index contributed by atoms with van der Waals surface area (Å²) < 4.78 is 0. The second kappa shape index (κ2) is 13.6. The van der Waals surface area contributed by atoms with Crippen molar-refractivity contribution in [3.8, 4) is 0 Å². The molecule has 0 aromatic carbocycles. The van der Waals surface area contributed by atoms with Crippen LogP contribution >= 0.6 is 0 Å². The standard InChI is InChI=1S/C43H70N4O5/c1-38(2,3)30(25-46-19-18-45(9)41(26-46)16-17-41)22-31(48)23-32(39(4,5)6)37(52)47-27-43(40(7,8)42(43)14-11-15-42)24-33(47)34(49)21-29(35(50)36(44)51)20-28-12-10-13-28/h28-30,32-33H,10-27H2,1-9H3,(H2,44,51)/t29?,30-,32-,33+,43-/m1/s1. The molecule has 6 rings (SSSR count). The number of nitrogens with zero attached hydrogens (tertiary/aromatic N) is 3. The van der Waals surface area contributed by atoms with Crippen LogP contribution in [0.5, 0.6) is 0 Å². The van der Waals surface area contributed by atoms with Crippen LogP contribution < -0.4 is 5.73 Å². The lowest BCUT2D eigenvalue weighted by molar-refractivity contribution is -0.147. The Hall–Kier alpha value is -2.13. The van der Waals surface area contributed by atoms with Gasteiger partial charge in [-0.05, 0) is 79.1 Å². The molecule has 9 nitrogen and oxygen atoms in total. The van der Waals surface area contributed by atoms with E-state index in [0.29, 0.717) is 37.3 Å². The molecule has 52 heavy (non-hydrogen) atoms. The molecule has 2 aliphatic heterocycles. The van der Waals surface area contributed by atoms with Crippen molar-refractivity contribution >= 4 is 29.2 Å². The number of ketones is 3. The Bertz CT molecular complexity index is 1440. The second-order valence-corrected chi connectivity index (χ2v) is 21.3. The van der Waals surface area contributed by atoms with E-state index < -0.39 is 35.0 Å². The summed E-state index contributed by atoms with van der Waals surface area (Å²) in [5.74, 6) is -2.57. The highest BCUT2D eigenvalue weighted by molar-refractivity contribution is 6.36. The van der Waals surface area contributed by atoms with Crippen molar-refractivity contribution in [2.45, 2.75) is 150 Å². The van der Waals surface area contributed by atoms with Crippen molar-refractivity contribution in [2.24, 2.45) is 56.5 Å². The van der Waals surface area contributed by atoms with Gasteiger partial charge in [-0.25, -0.2) is 0 Å². The zero-order valence-electron chi connectivity index (χ0n) is 34.1. The van der Waals surface area contributed by atoms with Gasteiger partial charge in [-0.1, -0.05) is 81.1 Å².